The molecule has 4 atom stereocenters. The molecule has 2 heterocycles. The van der Waals surface area contributed by atoms with Gasteiger partial charge in [-0.15, -0.1) is 0 Å². The molecule has 0 saturated carbocycles. The van der Waals surface area contributed by atoms with Gasteiger partial charge in [-0.25, -0.2) is 0 Å². The number of rotatable bonds is 3. The Morgan fingerprint density at radius 3 is 2.75 bits per heavy atom. The Labute approximate surface area is 117 Å². The lowest BCUT2D eigenvalue weighted by atomic mass is 10.1. The van der Waals surface area contributed by atoms with Crippen LogP contribution in [0.3, 0.4) is 0 Å². The van der Waals surface area contributed by atoms with Crippen LogP contribution in [0.25, 0.3) is 0 Å². The lowest BCUT2D eigenvalue weighted by Crippen LogP contribution is -2.37. The summed E-state index contributed by atoms with van der Waals surface area (Å²) in [5.74, 6) is 0. The zero-order valence-corrected chi connectivity index (χ0v) is 11.8. The maximum absolute atomic E-state index is 12.2. The van der Waals surface area contributed by atoms with E-state index < -0.39 is 28.4 Å². The molecule has 0 bridgehead atoms. The van der Waals surface area contributed by atoms with Crippen LogP contribution in [0.5, 0.6) is 0 Å². The number of aryl methyl sites for hydroxylation is 1. The Balaban J connectivity index is 1.76. The molecule has 3 rings (SSSR count). The summed E-state index contributed by atoms with van der Waals surface area (Å²) in [6, 6.07) is 6.24. The van der Waals surface area contributed by atoms with E-state index in [1.54, 1.807) is 12.1 Å². The average molecular weight is 299 g/mol. The molecule has 2 N–H and O–H groups in total. The summed E-state index contributed by atoms with van der Waals surface area (Å²) < 4.78 is 35.1. The maximum Gasteiger partial charge on any atom is 0.297 e. The molecule has 20 heavy (non-hydrogen) atoms. The standard InChI is InChI=1S/C13H17NO5S/c1-8-2-4-9(5-3-8)20(16,17)19-11-6-14-12-10(15)7-18-13(11)12/h2-5,10-15H,6-7H2,1H3/t10?,11?,12?,13-/m1/s1. The fraction of sp³-hybridized carbons (Fsp3) is 0.538. The molecule has 1 aromatic carbocycles. The molecular formula is C13H17NO5S. The number of benzene rings is 1. The number of fused-ring (bicyclic) bond motifs is 1. The molecular weight excluding hydrogens is 282 g/mol. The van der Waals surface area contributed by atoms with E-state index in [2.05, 4.69) is 5.32 Å². The van der Waals surface area contributed by atoms with Gasteiger partial charge >= 0.3 is 0 Å². The first kappa shape index (κ1) is 14.0. The summed E-state index contributed by atoms with van der Waals surface area (Å²) in [7, 11) is -3.82. The van der Waals surface area contributed by atoms with Crippen LogP contribution in [0, 0.1) is 6.92 Å². The fourth-order valence-electron chi connectivity index (χ4n) is 2.61. The molecule has 2 aliphatic heterocycles. The highest BCUT2D eigenvalue weighted by atomic mass is 32.2. The van der Waals surface area contributed by atoms with E-state index in [9.17, 15) is 13.5 Å². The number of aliphatic hydroxyl groups excluding tert-OH is 1. The second-order valence-electron chi connectivity index (χ2n) is 5.20. The topological polar surface area (TPSA) is 84.9 Å². The first-order valence-corrected chi connectivity index (χ1v) is 7.91. The van der Waals surface area contributed by atoms with Gasteiger partial charge in [-0.3, -0.25) is 4.18 Å². The maximum atomic E-state index is 12.2. The van der Waals surface area contributed by atoms with Gasteiger partial charge in [-0.05, 0) is 19.1 Å². The van der Waals surface area contributed by atoms with Gasteiger partial charge in [0.25, 0.3) is 10.1 Å². The highest BCUT2D eigenvalue weighted by Gasteiger charge is 2.47. The average Bonchev–Trinajstić information content (AvgIpc) is 2.95. The van der Waals surface area contributed by atoms with E-state index in [1.165, 1.54) is 12.1 Å². The van der Waals surface area contributed by atoms with Crippen molar-refractivity contribution in [3.63, 3.8) is 0 Å². The van der Waals surface area contributed by atoms with E-state index in [4.69, 9.17) is 8.92 Å². The number of hydrogen-bond acceptors (Lipinski definition) is 6. The van der Waals surface area contributed by atoms with Gasteiger partial charge in [0.15, 0.2) is 0 Å². The predicted octanol–water partition coefficient (Wildman–Crippen LogP) is -0.200. The van der Waals surface area contributed by atoms with E-state index in [-0.39, 0.29) is 17.5 Å². The van der Waals surface area contributed by atoms with Crippen molar-refractivity contribution in [3.05, 3.63) is 29.8 Å². The van der Waals surface area contributed by atoms with Crippen molar-refractivity contribution >= 4 is 10.1 Å². The van der Waals surface area contributed by atoms with Crippen molar-refractivity contribution in [2.24, 2.45) is 0 Å². The van der Waals surface area contributed by atoms with Gasteiger partial charge in [0.1, 0.15) is 12.2 Å². The Morgan fingerprint density at radius 2 is 2.05 bits per heavy atom. The molecule has 0 radical (unpaired) electrons. The predicted molar refractivity (Wildman–Crippen MR) is 70.8 cm³/mol. The van der Waals surface area contributed by atoms with Crippen molar-refractivity contribution in [3.8, 4) is 0 Å². The monoisotopic (exact) mass is 299 g/mol. The van der Waals surface area contributed by atoms with Gasteiger partial charge in [0, 0.05) is 6.54 Å². The van der Waals surface area contributed by atoms with Gasteiger partial charge in [0.05, 0.1) is 23.6 Å². The highest BCUT2D eigenvalue weighted by molar-refractivity contribution is 7.86. The van der Waals surface area contributed by atoms with Crippen LogP contribution in [-0.4, -0.2) is 51.0 Å². The molecule has 0 amide bonds. The van der Waals surface area contributed by atoms with Crippen molar-refractivity contribution in [2.75, 3.05) is 13.2 Å². The summed E-state index contributed by atoms with van der Waals surface area (Å²) in [5, 5.41) is 12.7. The lowest BCUT2D eigenvalue weighted by molar-refractivity contribution is 0.0278. The fourth-order valence-corrected chi connectivity index (χ4v) is 3.69. The smallest absolute Gasteiger partial charge is 0.297 e. The molecule has 2 aliphatic rings. The molecule has 2 fully saturated rings. The summed E-state index contributed by atoms with van der Waals surface area (Å²) in [4.78, 5) is 0.130. The van der Waals surface area contributed by atoms with E-state index >= 15 is 0 Å². The second kappa shape index (κ2) is 5.09. The summed E-state index contributed by atoms with van der Waals surface area (Å²) in [6.45, 7) is 2.43. The minimum Gasteiger partial charge on any atom is -0.389 e. The van der Waals surface area contributed by atoms with Crippen LogP contribution in [0.1, 0.15) is 5.56 Å². The van der Waals surface area contributed by atoms with Crippen LogP contribution in [0.2, 0.25) is 0 Å². The third-order valence-corrected chi connectivity index (χ3v) is 5.06. The van der Waals surface area contributed by atoms with E-state index in [1.807, 2.05) is 6.92 Å². The minimum atomic E-state index is -3.82. The van der Waals surface area contributed by atoms with Gasteiger partial charge < -0.3 is 15.2 Å². The third kappa shape index (κ3) is 2.47. The Morgan fingerprint density at radius 1 is 1.35 bits per heavy atom. The van der Waals surface area contributed by atoms with Crippen LogP contribution in [-0.2, 0) is 19.0 Å². The van der Waals surface area contributed by atoms with E-state index in [0.29, 0.717) is 6.54 Å². The molecule has 0 aromatic heterocycles. The molecule has 0 spiro atoms. The Kier molecular flexibility index (Phi) is 3.55. The molecule has 110 valence electrons. The molecule has 3 unspecified atom stereocenters. The highest BCUT2D eigenvalue weighted by Crippen LogP contribution is 2.27. The molecule has 0 aliphatic carbocycles. The second-order valence-corrected chi connectivity index (χ2v) is 6.77. The zero-order valence-electron chi connectivity index (χ0n) is 11.0. The quantitative estimate of drug-likeness (QED) is 0.752. The molecule has 2 saturated heterocycles. The van der Waals surface area contributed by atoms with Crippen LogP contribution in [0.15, 0.2) is 29.2 Å². The third-order valence-electron chi connectivity index (χ3n) is 3.71. The Hall–Kier alpha value is -0.990. The normalized spacial score (nSPS) is 33.3. The summed E-state index contributed by atoms with van der Waals surface area (Å²) in [5.41, 5.74) is 0.980. The first-order valence-electron chi connectivity index (χ1n) is 6.50. The van der Waals surface area contributed by atoms with Crippen molar-refractivity contribution in [1.82, 2.24) is 5.32 Å². The lowest BCUT2D eigenvalue weighted by Gasteiger charge is -2.17. The number of hydrogen-bond donors (Lipinski definition) is 2. The number of nitrogens with one attached hydrogen (secondary N) is 1. The van der Waals surface area contributed by atoms with Gasteiger partial charge in [-0.1, -0.05) is 17.7 Å². The van der Waals surface area contributed by atoms with Crippen molar-refractivity contribution in [1.29, 1.82) is 0 Å². The van der Waals surface area contributed by atoms with Gasteiger partial charge in [-0.2, -0.15) is 8.42 Å². The summed E-state index contributed by atoms with van der Waals surface area (Å²) in [6.07, 6.45) is -1.65. The zero-order chi connectivity index (χ0) is 14.3. The van der Waals surface area contributed by atoms with Crippen LogP contribution >= 0.6 is 0 Å². The minimum absolute atomic E-state index is 0.130. The number of ether oxygens (including phenoxy) is 1. The van der Waals surface area contributed by atoms with Crippen LogP contribution < -0.4 is 5.32 Å². The SMILES string of the molecule is Cc1ccc(S(=O)(=O)OC2CNC3C(O)CO[C@H]23)cc1. The van der Waals surface area contributed by atoms with Crippen molar-refractivity contribution in [2.45, 2.75) is 36.2 Å². The van der Waals surface area contributed by atoms with Gasteiger partial charge in [0.2, 0.25) is 0 Å². The van der Waals surface area contributed by atoms with Crippen molar-refractivity contribution < 1.29 is 22.4 Å². The largest absolute Gasteiger partial charge is 0.389 e. The molecule has 7 heteroatoms. The molecule has 6 nitrogen and oxygen atoms in total. The number of aliphatic hydroxyl groups is 1. The Bertz CT molecular complexity index is 585. The summed E-state index contributed by atoms with van der Waals surface area (Å²) >= 11 is 0. The molecule has 1 aromatic rings. The van der Waals surface area contributed by atoms with Crippen LogP contribution in [0.4, 0.5) is 0 Å². The first-order chi connectivity index (χ1) is 9.47. The van der Waals surface area contributed by atoms with E-state index in [0.717, 1.165) is 5.56 Å².